The number of hydrogen-bond acceptors (Lipinski definition) is 2. The van der Waals surface area contributed by atoms with E-state index in [2.05, 4.69) is 109 Å². The molecule has 0 saturated heterocycles. The fourth-order valence-corrected chi connectivity index (χ4v) is 6.49. The van der Waals surface area contributed by atoms with Crippen LogP contribution in [0.5, 0.6) is 11.5 Å². The van der Waals surface area contributed by atoms with Crippen molar-refractivity contribution in [2.45, 2.75) is 0 Å². The lowest BCUT2D eigenvalue weighted by Crippen LogP contribution is -1.97. The predicted octanol–water partition coefficient (Wildman–Crippen LogP) is 11.0. The largest absolute Gasteiger partial charge is 0.456 e. The second kappa shape index (κ2) is 8.08. The van der Waals surface area contributed by atoms with E-state index in [1.54, 1.807) is 0 Å². The van der Waals surface area contributed by atoms with Crippen LogP contribution in [0, 0.1) is 0 Å². The Labute approximate surface area is 230 Å². The van der Waals surface area contributed by atoms with Crippen LogP contribution < -0.4 is 4.74 Å². The highest BCUT2D eigenvalue weighted by Gasteiger charge is 2.22. The summed E-state index contributed by atoms with van der Waals surface area (Å²) in [5.74, 6) is 1.82. The van der Waals surface area contributed by atoms with Crippen LogP contribution in [0.25, 0.3) is 76.9 Å². The summed E-state index contributed by atoms with van der Waals surface area (Å²) in [4.78, 5) is 0. The molecule has 0 radical (unpaired) electrons. The van der Waals surface area contributed by atoms with E-state index in [-0.39, 0.29) is 0 Å². The summed E-state index contributed by atoms with van der Waals surface area (Å²) in [5.41, 5.74) is 8.96. The van der Waals surface area contributed by atoms with Crippen molar-refractivity contribution in [2.75, 3.05) is 0 Å². The van der Waals surface area contributed by atoms with Crippen molar-refractivity contribution in [3.8, 4) is 44.9 Å². The molecule has 0 spiro atoms. The second-order valence-electron chi connectivity index (χ2n) is 10.5. The number of para-hydroxylation sites is 2. The Hall–Kier alpha value is -5.34. The van der Waals surface area contributed by atoms with Crippen molar-refractivity contribution in [3.05, 3.63) is 133 Å². The Morgan fingerprint density at radius 1 is 0.350 bits per heavy atom. The average Bonchev–Trinajstić information content (AvgIpc) is 3.39. The first kappa shape index (κ1) is 21.6. The molecular weight excluding hydrogens is 488 g/mol. The molecule has 1 aliphatic heterocycles. The van der Waals surface area contributed by atoms with Crippen LogP contribution in [-0.2, 0) is 0 Å². The van der Waals surface area contributed by atoms with Crippen LogP contribution in [0.1, 0.15) is 0 Å². The quantitative estimate of drug-likeness (QED) is 0.231. The summed E-state index contributed by atoms with van der Waals surface area (Å²) >= 11 is 0. The molecule has 0 atom stereocenters. The summed E-state index contributed by atoms with van der Waals surface area (Å²) in [7, 11) is 0. The van der Waals surface area contributed by atoms with Gasteiger partial charge in [-0.05, 0) is 74.3 Å². The van der Waals surface area contributed by atoms with Gasteiger partial charge in [-0.15, -0.1) is 0 Å². The number of fused-ring (bicyclic) bond motifs is 6. The molecule has 0 fully saturated rings. The van der Waals surface area contributed by atoms with Crippen LogP contribution in [0.4, 0.5) is 0 Å². The van der Waals surface area contributed by atoms with Gasteiger partial charge in [-0.1, -0.05) is 103 Å². The molecule has 1 aromatic heterocycles. The van der Waals surface area contributed by atoms with Gasteiger partial charge in [-0.25, -0.2) is 0 Å². The van der Waals surface area contributed by atoms with E-state index in [0.29, 0.717) is 0 Å². The van der Waals surface area contributed by atoms with E-state index in [9.17, 15) is 0 Å². The molecule has 0 saturated carbocycles. The summed E-state index contributed by atoms with van der Waals surface area (Å²) in [6.07, 6.45) is 0. The molecule has 186 valence electrons. The van der Waals surface area contributed by atoms with Gasteiger partial charge in [0.25, 0.3) is 0 Å². The first-order chi connectivity index (χ1) is 19.8. The van der Waals surface area contributed by atoms with Crippen LogP contribution in [-0.4, -0.2) is 0 Å². The van der Waals surface area contributed by atoms with E-state index >= 15 is 0 Å². The summed E-state index contributed by atoms with van der Waals surface area (Å²) in [5, 5.41) is 7.11. The maximum atomic E-state index is 6.35. The minimum Gasteiger partial charge on any atom is -0.456 e. The van der Waals surface area contributed by atoms with Crippen molar-refractivity contribution >= 4 is 43.5 Å². The predicted molar refractivity (Wildman–Crippen MR) is 165 cm³/mol. The maximum absolute atomic E-state index is 6.35. The SMILES string of the molecule is c1ccc2c(c1)Oc1ccc(-c3ccc(-c4ccc5c(c4)oc4ccccc45)c4ccccc34)c3cccc-2c13. The van der Waals surface area contributed by atoms with Gasteiger partial charge >= 0.3 is 0 Å². The zero-order chi connectivity index (χ0) is 26.2. The molecule has 0 aliphatic carbocycles. The van der Waals surface area contributed by atoms with Crippen molar-refractivity contribution < 1.29 is 9.15 Å². The number of rotatable bonds is 2. The van der Waals surface area contributed by atoms with E-state index in [1.165, 1.54) is 43.8 Å². The van der Waals surface area contributed by atoms with Crippen LogP contribution >= 0.6 is 0 Å². The fourth-order valence-electron chi connectivity index (χ4n) is 6.49. The summed E-state index contributed by atoms with van der Waals surface area (Å²) in [6.45, 7) is 0. The Balaban J connectivity index is 1.26. The molecule has 0 bridgehead atoms. The summed E-state index contributed by atoms with van der Waals surface area (Å²) < 4.78 is 12.6. The Kier molecular flexibility index (Phi) is 4.36. The van der Waals surface area contributed by atoms with Gasteiger partial charge < -0.3 is 9.15 Å². The molecule has 7 aromatic carbocycles. The number of ether oxygens (including phenoxy) is 1. The topological polar surface area (TPSA) is 22.4 Å². The van der Waals surface area contributed by atoms with Crippen molar-refractivity contribution in [2.24, 2.45) is 0 Å². The minimum absolute atomic E-state index is 0.909. The Bertz CT molecular complexity index is 2300. The van der Waals surface area contributed by atoms with Gasteiger partial charge in [0.2, 0.25) is 0 Å². The van der Waals surface area contributed by atoms with Gasteiger partial charge in [0.15, 0.2) is 0 Å². The molecule has 0 unspecified atom stereocenters. The molecule has 1 aliphatic rings. The van der Waals surface area contributed by atoms with Crippen LogP contribution in [0.3, 0.4) is 0 Å². The van der Waals surface area contributed by atoms with E-state index < -0.39 is 0 Å². The monoisotopic (exact) mass is 510 g/mol. The third kappa shape index (κ3) is 2.99. The number of hydrogen-bond donors (Lipinski definition) is 0. The highest BCUT2D eigenvalue weighted by atomic mass is 16.5. The zero-order valence-electron chi connectivity index (χ0n) is 21.5. The van der Waals surface area contributed by atoms with Crippen LogP contribution in [0.15, 0.2) is 138 Å². The Morgan fingerprint density at radius 3 is 1.93 bits per heavy atom. The first-order valence-electron chi connectivity index (χ1n) is 13.6. The van der Waals surface area contributed by atoms with Crippen molar-refractivity contribution in [1.29, 1.82) is 0 Å². The molecule has 0 amide bonds. The number of benzene rings is 7. The van der Waals surface area contributed by atoms with Crippen molar-refractivity contribution in [3.63, 3.8) is 0 Å². The Morgan fingerprint density at radius 2 is 1.00 bits per heavy atom. The zero-order valence-corrected chi connectivity index (χ0v) is 21.5. The third-order valence-electron chi connectivity index (χ3n) is 8.30. The van der Waals surface area contributed by atoms with Gasteiger partial charge in [0.1, 0.15) is 22.7 Å². The van der Waals surface area contributed by atoms with Crippen molar-refractivity contribution in [1.82, 2.24) is 0 Å². The molecule has 40 heavy (non-hydrogen) atoms. The highest BCUT2D eigenvalue weighted by molar-refractivity contribution is 6.15. The standard InChI is InChI=1S/C38H22O2/c1-2-9-26-25(8-1)24(23-16-17-31-29-10-3-5-14-34(29)40-37(31)22-23)18-19-27(26)28-20-21-36-38-32(28)12-7-13-33(38)30-11-4-6-15-35(30)39-36/h1-22H. The fraction of sp³-hybridized carbons (Fsp3) is 0. The lowest BCUT2D eigenvalue weighted by atomic mass is 9.87. The van der Waals surface area contributed by atoms with Gasteiger partial charge in [0.05, 0.1) is 0 Å². The van der Waals surface area contributed by atoms with Crippen LogP contribution in [0.2, 0.25) is 0 Å². The molecular formula is C38H22O2. The molecule has 2 nitrogen and oxygen atoms in total. The van der Waals surface area contributed by atoms with Gasteiger partial charge in [0, 0.05) is 21.7 Å². The molecule has 9 rings (SSSR count). The number of furan rings is 1. The molecule has 0 N–H and O–H groups in total. The third-order valence-corrected chi connectivity index (χ3v) is 8.30. The van der Waals surface area contributed by atoms with E-state index in [0.717, 1.165) is 44.6 Å². The first-order valence-corrected chi connectivity index (χ1v) is 13.6. The lowest BCUT2D eigenvalue weighted by molar-refractivity contribution is 0.487. The summed E-state index contributed by atoms with van der Waals surface area (Å²) in [6, 6.07) is 47.2. The molecule has 2 heteroatoms. The maximum Gasteiger partial charge on any atom is 0.136 e. The minimum atomic E-state index is 0.909. The average molecular weight is 511 g/mol. The lowest BCUT2D eigenvalue weighted by Gasteiger charge is -2.23. The smallest absolute Gasteiger partial charge is 0.136 e. The van der Waals surface area contributed by atoms with Gasteiger partial charge in [-0.2, -0.15) is 0 Å². The van der Waals surface area contributed by atoms with E-state index in [1.807, 2.05) is 24.3 Å². The molecule has 8 aromatic rings. The normalized spacial score (nSPS) is 12.2. The molecule has 2 heterocycles. The van der Waals surface area contributed by atoms with Gasteiger partial charge in [-0.3, -0.25) is 0 Å². The van der Waals surface area contributed by atoms with E-state index in [4.69, 9.17) is 9.15 Å². The second-order valence-corrected chi connectivity index (χ2v) is 10.5. The highest BCUT2D eigenvalue weighted by Crippen LogP contribution is 2.49.